The highest BCUT2D eigenvalue weighted by molar-refractivity contribution is 7.92. The van der Waals surface area contributed by atoms with Crippen molar-refractivity contribution < 1.29 is 18.1 Å². The van der Waals surface area contributed by atoms with Crippen molar-refractivity contribution in [2.24, 2.45) is 0 Å². The second-order valence-electron chi connectivity index (χ2n) is 5.80. The molecule has 1 N–H and O–H groups in total. The molecule has 0 aliphatic carbocycles. The second kappa shape index (κ2) is 8.05. The van der Waals surface area contributed by atoms with Gasteiger partial charge in [0, 0.05) is 17.7 Å². The van der Waals surface area contributed by atoms with Crippen LogP contribution in [-0.4, -0.2) is 34.7 Å². The number of sulfonamides is 1. The summed E-state index contributed by atoms with van der Waals surface area (Å²) in [6.45, 7) is 2.21. The van der Waals surface area contributed by atoms with Crippen LogP contribution in [-0.2, 0) is 16.6 Å². The molecular weight excluding hydrogens is 386 g/mol. The van der Waals surface area contributed by atoms with E-state index in [2.05, 4.69) is 14.8 Å². The van der Waals surface area contributed by atoms with E-state index in [-0.39, 0.29) is 21.8 Å². The molecule has 11 heteroatoms. The predicted octanol–water partition coefficient (Wildman–Crippen LogP) is 2.37. The third-order valence-electron chi connectivity index (χ3n) is 3.88. The molecule has 146 valence electrons. The topological polar surface area (TPSA) is 129 Å². The Morgan fingerprint density at radius 1 is 1.25 bits per heavy atom. The predicted molar refractivity (Wildman–Crippen MR) is 101 cm³/mol. The Morgan fingerprint density at radius 2 is 2.04 bits per heavy atom. The summed E-state index contributed by atoms with van der Waals surface area (Å²) in [6, 6.07) is 10.4. The summed E-state index contributed by atoms with van der Waals surface area (Å²) in [7, 11) is -4.01. The molecule has 0 fully saturated rings. The lowest BCUT2D eigenvalue weighted by Gasteiger charge is -2.12. The van der Waals surface area contributed by atoms with Crippen LogP contribution in [0.3, 0.4) is 0 Å². The number of nitro groups is 1. The van der Waals surface area contributed by atoms with E-state index in [0.29, 0.717) is 18.9 Å². The standard InChI is InChI=1S/C17H17N5O5S/c1-13-16(22(23)24)6-3-7-17(13)28(25,26)20-14-4-2-5-15(10-14)27-9-8-21-12-18-11-19-21/h2-7,10-12,20H,8-9H2,1H3. The molecule has 0 atom stereocenters. The fourth-order valence-corrected chi connectivity index (χ4v) is 3.87. The fraction of sp³-hybridized carbons (Fsp3) is 0.176. The van der Waals surface area contributed by atoms with Crippen molar-refractivity contribution in [1.29, 1.82) is 0 Å². The number of aromatic nitrogens is 3. The maximum atomic E-state index is 12.7. The number of hydrogen-bond donors (Lipinski definition) is 1. The van der Waals surface area contributed by atoms with E-state index in [0.717, 1.165) is 0 Å². The Bertz CT molecular complexity index is 1080. The highest BCUT2D eigenvalue weighted by atomic mass is 32.2. The molecule has 0 bridgehead atoms. The summed E-state index contributed by atoms with van der Waals surface area (Å²) >= 11 is 0. The second-order valence-corrected chi connectivity index (χ2v) is 7.45. The van der Waals surface area contributed by atoms with E-state index in [1.807, 2.05) is 0 Å². The summed E-state index contributed by atoms with van der Waals surface area (Å²) in [5.74, 6) is 0.469. The summed E-state index contributed by atoms with van der Waals surface area (Å²) in [6.07, 6.45) is 2.99. The Kier molecular flexibility index (Phi) is 5.54. The van der Waals surface area contributed by atoms with Crippen molar-refractivity contribution in [3.05, 3.63) is 70.8 Å². The monoisotopic (exact) mass is 403 g/mol. The molecule has 3 rings (SSSR count). The SMILES string of the molecule is Cc1c([N+](=O)[O-])cccc1S(=O)(=O)Nc1cccc(OCCn2cncn2)c1. The molecule has 0 amide bonds. The Labute approximate surface area is 161 Å². The van der Waals surface area contributed by atoms with Gasteiger partial charge in [0.2, 0.25) is 0 Å². The summed E-state index contributed by atoms with van der Waals surface area (Å²) in [4.78, 5) is 14.1. The molecule has 0 aliphatic heterocycles. The van der Waals surface area contributed by atoms with Crippen molar-refractivity contribution in [3.8, 4) is 5.75 Å². The first-order valence-electron chi connectivity index (χ1n) is 8.19. The van der Waals surface area contributed by atoms with E-state index < -0.39 is 14.9 Å². The average molecular weight is 403 g/mol. The van der Waals surface area contributed by atoms with Crippen LogP contribution in [0.2, 0.25) is 0 Å². The summed E-state index contributed by atoms with van der Waals surface area (Å²) < 4.78 is 35.0. The van der Waals surface area contributed by atoms with Gasteiger partial charge in [-0.2, -0.15) is 5.10 Å². The molecule has 2 aromatic carbocycles. The molecule has 0 spiro atoms. The van der Waals surface area contributed by atoms with Gasteiger partial charge < -0.3 is 4.74 Å². The van der Waals surface area contributed by atoms with Gasteiger partial charge in [0.25, 0.3) is 15.7 Å². The van der Waals surface area contributed by atoms with Crippen molar-refractivity contribution in [2.45, 2.75) is 18.4 Å². The Hall–Kier alpha value is -3.47. The maximum absolute atomic E-state index is 12.7. The number of ether oxygens (including phenoxy) is 1. The minimum absolute atomic E-state index is 0.0697. The Balaban J connectivity index is 1.74. The van der Waals surface area contributed by atoms with Crippen molar-refractivity contribution in [3.63, 3.8) is 0 Å². The lowest BCUT2D eigenvalue weighted by molar-refractivity contribution is -0.385. The molecule has 0 saturated carbocycles. The first-order valence-corrected chi connectivity index (χ1v) is 9.67. The molecule has 3 aromatic rings. The zero-order chi connectivity index (χ0) is 20.1. The van der Waals surface area contributed by atoms with Crippen molar-refractivity contribution in [2.75, 3.05) is 11.3 Å². The number of benzene rings is 2. The van der Waals surface area contributed by atoms with Gasteiger partial charge in [-0.25, -0.2) is 18.1 Å². The third kappa shape index (κ3) is 4.43. The van der Waals surface area contributed by atoms with Gasteiger partial charge in [-0.05, 0) is 25.1 Å². The van der Waals surface area contributed by atoms with Crippen LogP contribution in [0.25, 0.3) is 0 Å². The highest BCUT2D eigenvalue weighted by Gasteiger charge is 2.23. The molecule has 10 nitrogen and oxygen atoms in total. The smallest absolute Gasteiger partial charge is 0.273 e. The van der Waals surface area contributed by atoms with Gasteiger partial charge in [-0.3, -0.25) is 14.8 Å². The quantitative estimate of drug-likeness (QED) is 0.451. The molecular formula is C17H17N5O5S. The molecule has 0 saturated heterocycles. The van der Waals surface area contributed by atoms with E-state index in [1.54, 1.807) is 29.2 Å². The third-order valence-corrected chi connectivity index (χ3v) is 5.41. The Morgan fingerprint density at radius 3 is 2.75 bits per heavy atom. The zero-order valence-electron chi connectivity index (χ0n) is 14.8. The van der Waals surface area contributed by atoms with E-state index >= 15 is 0 Å². The summed E-state index contributed by atoms with van der Waals surface area (Å²) in [5.41, 5.74) is 0.0949. The number of nitrogens with zero attached hydrogens (tertiary/aromatic N) is 4. The van der Waals surface area contributed by atoms with E-state index in [4.69, 9.17) is 4.74 Å². The van der Waals surface area contributed by atoms with Gasteiger partial charge in [0.1, 0.15) is 25.0 Å². The molecule has 0 aliphatic rings. The zero-order valence-corrected chi connectivity index (χ0v) is 15.7. The van der Waals surface area contributed by atoms with E-state index in [9.17, 15) is 18.5 Å². The molecule has 0 radical (unpaired) electrons. The van der Waals surface area contributed by atoms with Crippen LogP contribution in [0.4, 0.5) is 11.4 Å². The lowest BCUT2D eigenvalue weighted by atomic mass is 10.2. The normalized spacial score (nSPS) is 11.2. The number of anilines is 1. The minimum atomic E-state index is -4.01. The van der Waals surface area contributed by atoms with Crippen molar-refractivity contribution >= 4 is 21.4 Å². The van der Waals surface area contributed by atoms with Crippen LogP contribution < -0.4 is 9.46 Å². The summed E-state index contributed by atoms with van der Waals surface area (Å²) in [5, 5.41) is 15.0. The number of nitrogens with one attached hydrogen (secondary N) is 1. The van der Waals surface area contributed by atoms with Gasteiger partial charge in [-0.1, -0.05) is 12.1 Å². The largest absolute Gasteiger partial charge is 0.492 e. The lowest BCUT2D eigenvalue weighted by Crippen LogP contribution is -2.15. The van der Waals surface area contributed by atoms with Crippen LogP contribution >= 0.6 is 0 Å². The highest BCUT2D eigenvalue weighted by Crippen LogP contribution is 2.27. The molecule has 0 unspecified atom stereocenters. The van der Waals surface area contributed by atoms with Crippen LogP contribution in [0, 0.1) is 17.0 Å². The average Bonchev–Trinajstić information content (AvgIpc) is 3.15. The number of hydrogen-bond acceptors (Lipinski definition) is 7. The van der Waals surface area contributed by atoms with Gasteiger partial charge in [0.15, 0.2) is 0 Å². The van der Waals surface area contributed by atoms with E-state index in [1.165, 1.54) is 37.5 Å². The van der Waals surface area contributed by atoms with Gasteiger partial charge in [0.05, 0.1) is 22.1 Å². The maximum Gasteiger partial charge on any atom is 0.273 e. The fourth-order valence-electron chi connectivity index (χ4n) is 2.56. The molecule has 1 aromatic heterocycles. The first-order chi connectivity index (χ1) is 13.4. The molecule has 28 heavy (non-hydrogen) atoms. The van der Waals surface area contributed by atoms with Crippen LogP contribution in [0.1, 0.15) is 5.56 Å². The first kappa shape index (κ1) is 19.3. The van der Waals surface area contributed by atoms with Crippen molar-refractivity contribution in [1.82, 2.24) is 14.8 Å². The van der Waals surface area contributed by atoms with Gasteiger partial charge >= 0.3 is 0 Å². The molecule has 1 heterocycles. The minimum Gasteiger partial charge on any atom is -0.492 e. The van der Waals surface area contributed by atoms with Crippen LogP contribution in [0.5, 0.6) is 5.75 Å². The van der Waals surface area contributed by atoms with Gasteiger partial charge in [-0.15, -0.1) is 0 Å². The number of nitro benzene ring substituents is 1. The van der Waals surface area contributed by atoms with Crippen LogP contribution in [0.15, 0.2) is 60.0 Å². The number of rotatable bonds is 8.